The van der Waals surface area contributed by atoms with Crippen LogP contribution in [0.4, 0.5) is 0 Å². The van der Waals surface area contributed by atoms with Crippen LogP contribution in [-0.4, -0.2) is 41.9 Å². The van der Waals surface area contributed by atoms with Crippen molar-refractivity contribution in [3.63, 3.8) is 0 Å². The van der Waals surface area contributed by atoms with Crippen molar-refractivity contribution in [1.82, 2.24) is 5.32 Å². The summed E-state index contributed by atoms with van der Waals surface area (Å²) in [4.78, 5) is 12.5. The van der Waals surface area contributed by atoms with Crippen molar-refractivity contribution in [2.75, 3.05) is 5.75 Å². The molecule has 0 rings (SSSR count). The van der Waals surface area contributed by atoms with Crippen LogP contribution in [0.3, 0.4) is 0 Å². The highest BCUT2D eigenvalue weighted by Gasteiger charge is 2.26. The van der Waals surface area contributed by atoms with E-state index in [0.717, 1.165) is 51.4 Å². The summed E-state index contributed by atoms with van der Waals surface area (Å²) in [6, 6.07) is -0.971. The van der Waals surface area contributed by atoms with Gasteiger partial charge in [-0.15, -0.1) is 0 Å². The number of carbonyl (C=O) groups is 1. The van der Waals surface area contributed by atoms with Crippen molar-refractivity contribution in [2.24, 2.45) is 0 Å². The van der Waals surface area contributed by atoms with Gasteiger partial charge in [-0.05, 0) is 38.5 Å². The van der Waals surface area contributed by atoms with Gasteiger partial charge in [-0.3, -0.25) is 9.35 Å². The quantitative estimate of drug-likeness (QED) is 0.0338. The fourth-order valence-electron chi connectivity index (χ4n) is 6.57. The van der Waals surface area contributed by atoms with E-state index in [2.05, 4.69) is 31.3 Å². The Morgan fingerprint density at radius 3 is 1.25 bits per heavy atom. The molecule has 0 spiro atoms. The van der Waals surface area contributed by atoms with Crippen LogP contribution in [0.15, 0.2) is 12.2 Å². The fourth-order valence-corrected chi connectivity index (χ4v) is 7.33. The van der Waals surface area contributed by atoms with Crippen LogP contribution < -0.4 is 5.32 Å². The molecule has 0 aromatic rings. The van der Waals surface area contributed by atoms with Gasteiger partial charge in [-0.1, -0.05) is 193 Å². The number of aliphatic hydroxyl groups is 1. The summed E-state index contributed by atoms with van der Waals surface area (Å²) >= 11 is 0. The third kappa shape index (κ3) is 36.4. The van der Waals surface area contributed by atoms with Crippen molar-refractivity contribution in [2.45, 2.75) is 238 Å². The summed E-state index contributed by atoms with van der Waals surface area (Å²) < 4.78 is 32.5. The van der Waals surface area contributed by atoms with E-state index in [0.29, 0.717) is 12.8 Å². The Morgan fingerprint density at radius 1 is 0.542 bits per heavy atom. The summed E-state index contributed by atoms with van der Waals surface area (Å²) in [5.41, 5.74) is 0. The highest BCUT2D eigenvalue weighted by molar-refractivity contribution is 7.85. The zero-order chi connectivity index (χ0) is 35.4. The van der Waals surface area contributed by atoms with Crippen LogP contribution in [0.1, 0.15) is 226 Å². The molecule has 1 amide bonds. The second kappa shape index (κ2) is 35.9. The summed E-state index contributed by atoms with van der Waals surface area (Å²) in [5, 5.41) is 13.4. The van der Waals surface area contributed by atoms with Crippen LogP contribution in [0, 0.1) is 0 Å². The Balaban J connectivity index is 3.83. The van der Waals surface area contributed by atoms with Crippen LogP contribution in [-0.2, 0) is 14.9 Å². The van der Waals surface area contributed by atoms with Crippen LogP contribution in [0.25, 0.3) is 0 Å². The van der Waals surface area contributed by atoms with Crippen molar-refractivity contribution >= 4 is 16.0 Å². The molecule has 0 saturated heterocycles. The lowest BCUT2D eigenvalue weighted by Crippen LogP contribution is -2.47. The molecule has 2 atom stereocenters. The van der Waals surface area contributed by atoms with Gasteiger partial charge in [0.15, 0.2) is 0 Å². The number of allylic oxidation sites excluding steroid dienone is 2. The van der Waals surface area contributed by atoms with Gasteiger partial charge in [0, 0.05) is 6.42 Å². The number of aliphatic hydroxyl groups excluding tert-OH is 1. The topological polar surface area (TPSA) is 104 Å². The molecule has 0 aliphatic rings. The molecule has 0 aliphatic heterocycles. The standard InChI is InChI=1S/C41H81NO5S/c1-3-5-7-9-11-13-15-17-19-20-21-22-23-24-26-28-30-32-34-36-40(43)39(38-48(45,46)47)42-41(44)37-35-33-31-29-27-25-18-16-14-12-10-8-6-4-2/h16,18,39-40,43H,3-15,17,19-38H2,1-2H3,(H,42,44)(H,45,46,47)/b18-16-. The first kappa shape index (κ1) is 47.1. The molecule has 0 aromatic heterocycles. The molecule has 0 bridgehead atoms. The number of unbranched alkanes of at least 4 members (excludes halogenated alkanes) is 28. The van der Waals surface area contributed by atoms with E-state index in [1.807, 2.05) is 0 Å². The molecule has 286 valence electrons. The number of nitrogens with one attached hydrogen (secondary N) is 1. The van der Waals surface area contributed by atoms with Gasteiger partial charge in [0.25, 0.3) is 10.1 Å². The lowest BCUT2D eigenvalue weighted by Gasteiger charge is -2.23. The van der Waals surface area contributed by atoms with Gasteiger partial charge in [-0.25, -0.2) is 0 Å². The van der Waals surface area contributed by atoms with Crippen molar-refractivity contribution in [3.05, 3.63) is 12.2 Å². The van der Waals surface area contributed by atoms with E-state index in [9.17, 15) is 22.9 Å². The predicted molar refractivity (Wildman–Crippen MR) is 207 cm³/mol. The van der Waals surface area contributed by atoms with Crippen LogP contribution in [0.5, 0.6) is 0 Å². The molecule has 3 N–H and O–H groups in total. The second-order valence-corrected chi connectivity index (χ2v) is 16.1. The maximum Gasteiger partial charge on any atom is 0.266 e. The number of hydrogen-bond acceptors (Lipinski definition) is 4. The minimum Gasteiger partial charge on any atom is -0.391 e. The van der Waals surface area contributed by atoms with Crippen molar-refractivity contribution in [3.8, 4) is 0 Å². The molecule has 2 unspecified atom stereocenters. The van der Waals surface area contributed by atoms with Gasteiger partial charge in [0.05, 0.1) is 17.9 Å². The highest BCUT2D eigenvalue weighted by Crippen LogP contribution is 2.16. The van der Waals surface area contributed by atoms with E-state index in [-0.39, 0.29) is 5.91 Å². The Morgan fingerprint density at radius 2 is 0.875 bits per heavy atom. The molecule has 0 aromatic carbocycles. The maximum atomic E-state index is 12.5. The molecular formula is C41H81NO5S. The van der Waals surface area contributed by atoms with Crippen LogP contribution in [0.2, 0.25) is 0 Å². The Labute approximate surface area is 299 Å². The van der Waals surface area contributed by atoms with E-state index >= 15 is 0 Å². The first-order valence-corrected chi connectivity index (χ1v) is 22.5. The van der Waals surface area contributed by atoms with Gasteiger partial charge >= 0.3 is 0 Å². The van der Waals surface area contributed by atoms with Gasteiger partial charge in [0.1, 0.15) is 0 Å². The monoisotopic (exact) mass is 700 g/mol. The molecular weight excluding hydrogens is 619 g/mol. The summed E-state index contributed by atoms with van der Waals surface area (Å²) in [6.45, 7) is 4.52. The van der Waals surface area contributed by atoms with Crippen LogP contribution >= 0.6 is 0 Å². The minimum absolute atomic E-state index is 0.252. The smallest absolute Gasteiger partial charge is 0.266 e. The molecule has 0 fully saturated rings. The van der Waals surface area contributed by atoms with Gasteiger partial charge in [0.2, 0.25) is 5.91 Å². The van der Waals surface area contributed by atoms with Crippen molar-refractivity contribution in [1.29, 1.82) is 0 Å². The van der Waals surface area contributed by atoms with E-state index < -0.39 is 28.0 Å². The Hall–Kier alpha value is -0.920. The zero-order valence-electron chi connectivity index (χ0n) is 31.9. The second-order valence-electron chi connectivity index (χ2n) is 14.6. The van der Waals surface area contributed by atoms with E-state index in [4.69, 9.17) is 0 Å². The number of carbonyl (C=O) groups excluding carboxylic acids is 1. The Kier molecular flexibility index (Phi) is 35.2. The molecule has 6 nitrogen and oxygen atoms in total. The largest absolute Gasteiger partial charge is 0.391 e. The Bertz CT molecular complexity index is 816. The first-order chi connectivity index (χ1) is 23.3. The normalized spacial score (nSPS) is 13.3. The third-order valence-electron chi connectivity index (χ3n) is 9.72. The highest BCUT2D eigenvalue weighted by atomic mass is 32.2. The lowest BCUT2D eigenvalue weighted by molar-refractivity contribution is -0.122. The first-order valence-electron chi connectivity index (χ1n) is 20.9. The molecule has 48 heavy (non-hydrogen) atoms. The van der Waals surface area contributed by atoms with Gasteiger partial charge < -0.3 is 10.4 Å². The summed E-state index contributed by atoms with van der Waals surface area (Å²) in [5.74, 6) is -0.900. The maximum absolute atomic E-state index is 12.5. The van der Waals surface area contributed by atoms with Gasteiger partial charge in [-0.2, -0.15) is 8.42 Å². The molecule has 7 heteroatoms. The lowest BCUT2D eigenvalue weighted by atomic mass is 10.0. The predicted octanol–water partition coefficient (Wildman–Crippen LogP) is 12.2. The average Bonchev–Trinajstić information content (AvgIpc) is 3.05. The fraction of sp³-hybridized carbons (Fsp3) is 0.927. The third-order valence-corrected chi connectivity index (χ3v) is 10.5. The van der Waals surface area contributed by atoms with E-state index in [1.54, 1.807) is 0 Å². The summed E-state index contributed by atoms with van der Waals surface area (Å²) in [6.07, 6.45) is 43.0. The van der Waals surface area contributed by atoms with E-state index in [1.165, 1.54) is 148 Å². The molecule has 0 saturated carbocycles. The number of hydrogen-bond donors (Lipinski definition) is 3. The molecule has 0 radical (unpaired) electrons. The molecule has 0 heterocycles. The number of rotatable bonds is 38. The zero-order valence-corrected chi connectivity index (χ0v) is 32.7. The summed E-state index contributed by atoms with van der Waals surface area (Å²) in [7, 11) is -4.31. The minimum atomic E-state index is -4.31. The SMILES string of the molecule is CCCCCCC/C=C\CCCCCCCC(=O)NC(CS(=O)(=O)O)C(O)CCCCCCCCCCCCCCCCCCCCC. The average molecular weight is 700 g/mol. The number of amides is 1. The van der Waals surface area contributed by atoms with Crippen molar-refractivity contribution < 1.29 is 22.9 Å². The molecule has 0 aliphatic carbocycles.